The molecule has 2 aliphatic rings. The number of hydrogen-bond acceptors (Lipinski definition) is 4. The molecule has 0 aromatic carbocycles. The van der Waals surface area contributed by atoms with E-state index in [9.17, 15) is 0 Å². The number of likely N-dealkylation sites (N-methyl/N-ethyl adjacent to an activating group) is 1. The molecule has 0 radical (unpaired) electrons. The van der Waals surface area contributed by atoms with Crippen molar-refractivity contribution in [2.45, 2.75) is 31.8 Å². The molecule has 3 heterocycles. The first-order valence-corrected chi connectivity index (χ1v) is 8.84. The first kappa shape index (κ1) is 16.2. The van der Waals surface area contributed by atoms with E-state index >= 15 is 0 Å². The molecule has 5 heteroatoms. The van der Waals surface area contributed by atoms with Crippen LogP contribution in [0.15, 0.2) is 18.3 Å². The minimum absolute atomic E-state index is 0.574. The average Bonchev–Trinajstić information content (AvgIpc) is 2.54. The van der Waals surface area contributed by atoms with E-state index in [2.05, 4.69) is 32.8 Å². The topological polar surface area (TPSA) is 22.6 Å². The largest absolute Gasteiger partial charge is 0.302 e. The number of pyridine rings is 1. The van der Waals surface area contributed by atoms with Gasteiger partial charge in [0.15, 0.2) is 0 Å². The van der Waals surface area contributed by atoms with Gasteiger partial charge in [-0.2, -0.15) is 0 Å². The van der Waals surface area contributed by atoms with Crippen LogP contribution < -0.4 is 0 Å². The SMILES string of the molecule is CN1CCCC[C@@H]1CN1CCN(Cc2ccc(Cl)nc2)CC1. The van der Waals surface area contributed by atoms with Crippen molar-refractivity contribution in [1.29, 1.82) is 0 Å². The first-order valence-electron chi connectivity index (χ1n) is 8.46. The summed E-state index contributed by atoms with van der Waals surface area (Å²) in [5.41, 5.74) is 1.25. The molecule has 0 saturated carbocycles. The summed E-state index contributed by atoms with van der Waals surface area (Å²) < 4.78 is 0. The quantitative estimate of drug-likeness (QED) is 0.794. The fourth-order valence-corrected chi connectivity index (χ4v) is 3.67. The van der Waals surface area contributed by atoms with Gasteiger partial charge in [-0.1, -0.05) is 24.1 Å². The summed E-state index contributed by atoms with van der Waals surface area (Å²) in [6, 6.07) is 4.73. The van der Waals surface area contributed by atoms with Crippen LogP contribution in [0.4, 0.5) is 0 Å². The van der Waals surface area contributed by atoms with Crippen molar-refractivity contribution in [2.75, 3.05) is 46.3 Å². The predicted octanol–water partition coefficient (Wildman–Crippen LogP) is 2.34. The lowest BCUT2D eigenvalue weighted by molar-refractivity contribution is 0.0817. The van der Waals surface area contributed by atoms with Gasteiger partial charge in [0, 0.05) is 51.5 Å². The fraction of sp³-hybridized carbons (Fsp3) is 0.706. The Labute approximate surface area is 139 Å². The molecule has 0 spiro atoms. The average molecular weight is 323 g/mol. The van der Waals surface area contributed by atoms with Crippen LogP contribution in [0, 0.1) is 0 Å². The Morgan fingerprint density at radius 2 is 1.86 bits per heavy atom. The van der Waals surface area contributed by atoms with E-state index in [0.29, 0.717) is 5.15 Å². The van der Waals surface area contributed by atoms with Crippen LogP contribution in [0.5, 0.6) is 0 Å². The molecule has 2 fully saturated rings. The van der Waals surface area contributed by atoms with Crippen LogP contribution >= 0.6 is 11.6 Å². The maximum Gasteiger partial charge on any atom is 0.129 e. The van der Waals surface area contributed by atoms with Crippen LogP contribution in [0.2, 0.25) is 5.15 Å². The zero-order chi connectivity index (χ0) is 15.4. The van der Waals surface area contributed by atoms with Crippen molar-refractivity contribution >= 4 is 11.6 Å². The van der Waals surface area contributed by atoms with Gasteiger partial charge in [-0.15, -0.1) is 0 Å². The van der Waals surface area contributed by atoms with Crippen LogP contribution in [0.1, 0.15) is 24.8 Å². The second-order valence-corrected chi connectivity index (χ2v) is 7.08. The summed E-state index contributed by atoms with van der Waals surface area (Å²) in [6.45, 7) is 8.18. The fourth-order valence-electron chi connectivity index (χ4n) is 3.56. The van der Waals surface area contributed by atoms with E-state index in [1.807, 2.05) is 12.3 Å². The van der Waals surface area contributed by atoms with Gasteiger partial charge in [0.2, 0.25) is 0 Å². The number of piperidine rings is 1. The third-order valence-corrected chi connectivity index (χ3v) is 5.27. The summed E-state index contributed by atoms with van der Waals surface area (Å²) >= 11 is 5.84. The van der Waals surface area contributed by atoms with Gasteiger partial charge >= 0.3 is 0 Å². The highest BCUT2D eigenvalue weighted by atomic mass is 35.5. The van der Waals surface area contributed by atoms with Crippen LogP contribution in [0.25, 0.3) is 0 Å². The summed E-state index contributed by atoms with van der Waals surface area (Å²) in [5.74, 6) is 0. The summed E-state index contributed by atoms with van der Waals surface area (Å²) in [7, 11) is 2.29. The molecule has 1 aromatic rings. The molecular formula is C17H27ClN4. The van der Waals surface area contributed by atoms with Crippen molar-refractivity contribution in [1.82, 2.24) is 19.7 Å². The van der Waals surface area contributed by atoms with Crippen molar-refractivity contribution in [3.05, 3.63) is 29.0 Å². The second-order valence-electron chi connectivity index (χ2n) is 6.70. The Balaban J connectivity index is 1.43. The molecular weight excluding hydrogens is 296 g/mol. The molecule has 0 aliphatic carbocycles. The highest BCUT2D eigenvalue weighted by Gasteiger charge is 2.24. The van der Waals surface area contributed by atoms with Crippen molar-refractivity contribution in [3.8, 4) is 0 Å². The van der Waals surface area contributed by atoms with E-state index in [0.717, 1.165) is 25.7 Å². The summed E-state index contributed by atoms with van der Waals surface area (Å²) in [6.07, 6.45) is 6.04. The highest BCUT2D eigenvalue weighted by Crippen LogP contribution is 2.17. The van der Waals surface area contributed by atoms with Gasteiger partial charge in [0.25, 0.3) is 0 Å². The molecule has 2 saturated heterocycles. The molecule has 0 bridgehead atoms. The van der Waals surface area contributed by atoms with Gasteiger partial charge in [-0.25, -0.2) is 4.98 Å². The zero-order valence-electron chi connectivity index (χ0n) is 13.5. The Hall–Kier alpha value is -0.680. The Morgan fingerprint density at radius 1 is 1.09 bits per heavy atom. The van der Waals surface area contributed by atoms with E-state index in [1.165, 1.54) is 51.0 Å². The summed E-state index contributed by atoms with van der Waals surface area (Å²) in [5, 5.41) is 0.574. The molecule has 0 unspecified atom stereocenters. The minimum atomic E-state index is 0.574. The third-order valence-electron chi connectivity index (χ3n) is 5.05. The van der Waals surface area contributed by atoms with E-state index in [-0.39, 0.29) is 0 Å². The van der Waals surface area contributed by atoms with Gasteiger partial charge in [-0.3, -0.25) is 9.80 Å². The number of nitrogens with zero attached hydrogens (tertiary/aromatic N) is 4. The van der Waals surface area contributed by atoms with Crippen molar-refractivity contribution in [3.63, 3.8) is 0 Å². The van der Waals surface area contributed by atoms with Crippen molar-refractivity contribution < 1.29 is 0 Å². The van der Waals surface area contributed by atoms with Crippen LogP contribution in [0.3, 0.4) is 0 Å². The number of halogens is 1. The lowest BCUT2D eigenvalue weighted by Crippen LogP contribution is -2.51. The predicted molar refractivity (Wildman–Crippen MR) is 91.2 cm³/mol. The van der Waals surface area contributed by atoms with Crippen LogP contribution in [-0.4, -0.2) is 72.0 Å². The standard InChI is InChI=1S/C17H27ClN4/c1-20-7-3-2-4-16(20)14-22-10-8-21(9-11-22)13-15-5-6-17(18)19-12-15/h5-6,12,16H,2-4,7-11,13-14H2,1H3/t16-/m1/s1. The molecule has 3 rings (SSSR count). The second kappa shape index (κ2) is 7.73. The zero-order valence-corrected chi connectivity index (χ0v) is 14.3. The minimum Gasteiger partial charge on any atom is -0.302 e. The number of aromatic nitrogens is 1. The smallest absolute Gasteiger partial charge is 0.129 e. The first-order chi connectivity index (χ1) is 10.7. The highest BCUT2D eigenvalue weighted by molar-refractivity contribution is 6.29. The van der Waals surface area contributed by atoms with E-state index < -0.39 is 0 Å². The molecule has 0 amide bonds. The molecule has 4 nitrogen and oxygen atoms in total. The molecule has 1 aromatic heterocycles. The van der Waals surface area contributed by atoms with Crippen LogP contribution in [-0.2, 0) is 6.54 Å². The number of rotatable bonds is 4. The normalized spacial score (nSPS) is 25.5. The maximum absolute atomic E-state index is 5.84. The van der Waals surface area contributed by atoms with Gasteiger partial charge in [0.05, 0.1) is 0 Å². The molecule has 22 heavy (non-hydrogen) atoms. The van der Waals surface area contributed by atoms with Gasteiger partial charge in [-0.05, 0) is 38.1 Å². The van der Waals surface area contributed by atoms with Gasteiger partial charge < -0.3 is 4.90 Å². The Morgan fingerprint density at radius 3 is 2.55 bits per heavy atom. The van der Waals surface area contributed by atoms with Crippen molar-refractivity contribution in [2.24, 2.45) is 0 Å². The third kappa shape index (κ3) is 4.42. The lowest BCUT2D eigenvalue weighted by Gasteiger charge is -2.40. The monoisotopic (exact) mass is 322 g/mol. The molecule has 2 aliphatic heterocycles. The molecule has 1 atom stereocenters. The lowest BCUT2D eigenvalue weighted by atomic mass is 10.0. The Kier molecular flexibility index (Phi) is 5.69. The summed E-state index contributed by atoms with van der Waals surface area (Å²) in [4.78, 5) is 11.9. The maximum atomic E-state index is 5.84. The van der Waals surface area contributed by atoms with E-state index in [1.54, 1.807) is 0 Å². The molecule has 122 valence electrons. The number of piperazine rings is 1. The molecule has 0 N–H and O–H groups in total. The number of likely N-dealkylation sites (tertiary alicyclic amines) is 1. The van der Waals surface area contributed by atoms with E-state index in [4.69, 9.17) is 11.6 Å². The number of hydrogen-bond donors (Lipinski definition) is 0. The van der Waals surface area contributed by atoms with Gasteiger partial charge in [0.1, 0.15) is 5.15 Å². The Bertz CT molecular complexity index is 456.